The second-order valence-corrected chi connectivity index (χ2v) is 6.10. The van der Waals surface area contributed by atoms with Gasteiger partial charge in [0.25, 0.3) is 0 Å². The second-order valence-electron chi connectivity index (χ2n) is 6.10. The van der Waals surface area contributed by atoms with Gasteiger partial charge in [0.15, 0.2) is 5.82 Å². The molecule has 0 aliphatic carbocycles. The molecule has 120 valence electrons. The summed E-state index contributed by atoms with van der Waals surface area (Å²) in [6.07, 6.45) is 3.81. The van der Waals surface area contributed by atoms with E-state index in [1.165, 1.54) is 0 Å². The summed E-state index contributed by atoms with van der Waals surface area (Å²) in [6.45, 7) is 1.74. The lowest BCUT2D eigenvalue weighted by Crippen LogP contribution is -2.34. The normalized spacial score (nSPS) is 19.9. The Balaban J connectivity index is 1.74. The van der Waals surface area contributed by atoms with Crippen LogP contribution in [0.3, 0.4) is 0 Å². The number of nitrogens with zero attached hydrogens (tertiary/aromatic N) is 4. The predicted octanol–water partition coefficient (Wildman–Crippen LogP) is 2.06. The van der Waals surface area contributed by atoms with Crippen LogP contribution in [0.5, 0.6) is 5.75 Å². The van der Waals surface area contributed by atoms with E-state index in [2.05, 4.69) is 10.2 Å². The van der Waals surface area contributed by atoms with Gasteiger partial charge in [0.05, 0.1) is 12.7 Å². The fourth-order valence-electron chi connectivity index (χ4n) is 3.61. The number of rotatable bonds is 3. The van der Waals surface area contributed by atoms with Gasteiger partial charge in [0.1, 0.15) is 17.6 Å². The summed E-state index contributed by atoms with van der Waals surface area (Å²) in [5.74, 6) is 2.58. The van der Waals surface area contributed by atoms with Gasteiger partial charge < -0.3 is 9.64 Å². The van der Waals surface area contributed by atoms with Gasteiger partial charge in [-0.25, -0.2) is 0 Å². The van der Waals surface area contributed by atoms with E-state index in [1.54, 1.807) is 7.11 Å². The lowest BCUT2D eigenvalue weighted by Gasteiger charge is -2.22. The summed E-state index contributed by atoms with van der Waals surface area (Å²) in [5.41, 5.74) is 0.884. The topological polar surface area (TPSA) is 60.3 Å². The first kappa shape index (κ1) is 14.2. The van der Waals surface area contributed by atoms with Gasteiger partial charge in [-0.15, -0.1) is 10.2 Å². The van der Waals surface area contributed by atoms with Crippen LogP contribution in [-0.2, 0) is 11.2 Å². The molecule has 2 aliphatic heterocycles. The first-order valence-electron chi connectivity index (χ1n) is 8.15. The summed E-state index contributed by atoms with van der Waals surface area (Å²) >= 11 is 0. The largest absolute Gasteiger partial charge is 0.496 e. The van der Waals surface area contributed by atoms with Crippen molar-refractivity contribution in [3.63, 3.8) is 0 Å². The first-order valence-corrected chi connectivity index (χ1v) is 8.15. The number of carbonyl (C=O) groups is 1. The highest BCUT2D eigenvalue weighted by atomic mass is 16.5. The van der Waals surface area contributed by atoms with E-state index < -0.39 is 0 Å². The van der Waals surface area contributed by atoms with Crippen molar-refractivity contribution in [2.24, 2.45) is 0 Å². The number of methoxy groups -OCH3 is 1. The minimum absolute atomic E-state index is 0.182. The van der Waals surface area contributed by atoms with Gasteiger partial charge in [-0.1, -0.05) is 12.1 Å². The third-order valence-electron chi connectivity index (χ3n) is 4.77. The summed E-state index contributed by atoms with van der Waals surface area (Å²) in [4.78, 5) is 14.8. The highest BCUT2D eigenvalue weighted by Crippen LogP contribution is 2.36. The molecule has 2 aliphatic rings. The van der Waals surface area contributed by atoms with Crippen LogP contribution in [-0.4, -0.2) is 45.8 Å². The standard InChI is InChI=1S/C17H20N4O2/c1-23-14-7-3-2-6-12(14)16-19-18-15-9-8-13(21(15)16)17(22)20-10-4-5-11-20/h2-3,6-7,13H,4-5,8-11H2,1H3. The van der Waals surface area contributed by atoms with Crippen molar-refractivity contribution >= 4 is 5.91 Å². The Hall–Kier alpha value is -2.37. The van der Waals surface area contributed by atoms with Crippen LogP contribution < -0.4 is 4.74 Å². The van der Waals surface area contributed by atoms with E-state index in [-0.39, 0.29) is 11.9 Å². The molecule has 1 aromatic carbocycles. The van der Waals surface area contributed by atoms with Gasteiger partial charge in [-0.3, -0.25) is 9.36 Å². The van der Waals surface area contributed by atoms with Gasteiger partial charge in [-0.05, 0) is 31.4 Å². The molecule has 23 heavy (non-hydrogen) atoms. The van der Waals surface area contributed by atoms with Crippen molar-refractivity contribution in [1.82, 2.24) is 19.7 Å². The summed E-state index contributed by atoms with van der Waals surface area (Å²) in [5, 5.41) is 8.63. The van der Waals surface area contributed by atoms with E-state index in [0.717, 1.165) is 61.7 Å². The molecule has 0 spiro atoms. The molecule has 1 amide bonds. The number of para-hydroxylation sites is 1. The number of amides is 1. The van der Waals surface area contributed by atoms with Crippen LogP contribution in [0.2, 0.25) is 0 Å². The lowest BCUT2D eigenvalue weighted by atomic mass is 10.1. The molecule has 0 N–H and O–H groups in total. The zero-order valence-corrected chi connectivity index (χ0v) is 13.2. The fraction of sp³-hybridized carbons (Fsp3) is 0.471. The minimum Gasteiger partial charge on any atom is -0.496 e. The zero-order chi connectivity index (χ0) is 15.8. The second kappa shape index (κ2) is 5.68. The third kappa shape index (κ3) is 2.29. The maximum atomic E-state index is 12.9. The molecule has 1 saturated heterocycles. The molecule has 4 rings (SSSR count). The molecule has 0 bridgehead atoms. The maximum Gasteiger partial charge on any atom is 0.245 e. The average Bonchev–Trinajstić information content (AvgIpc) is 3.31. The number of aromatic nitrogens is 3. The molecule has 2 aromatic rings. The average molecular weight is 312 g/mol. The number of ether oxygens (including phenoxy) is 1. The molecule has 1 aromatic heterocycles. The summed E-state index contributed by atoms with van der Waals surface area (Å²) < 4.78 is 7.46. The van der Waals surface area contributed by atoms with Crippen LogP contribution >= 0.6 is 0 Å². The number of hydrogen-bond acceptors (Lipinski definition) is 4. The Labute approximate surface area is 135 Å². The van der Waals surface area contributed by atoms with Gasteiger partial charge >= 0.3 is 0 Å². The Morgan fingerprint density at radius 2 is 2.00 bits per heavy atom. The number of benzene rings is 1. The molecule has 6 heteroatoms. The van der Waals surface area contributed by atoms with Gasteiger partial charge in [-0.2, -0.15) is 0 Å². The minimum atomic E-state index is -0.182. The fourth-order valence-corrected chi connectivity index (χ4v) is 3.61. The molecule has 3 heterocycles. The SMILES string of the molecule is COc1ccccc1-c1nnc2n1C(C(=O)N1CCCC1)CC2. The highest BCUT2D eigenvalue weighted by Gasteiger charge is 2.36. The molecule has 0 radical (unpaired) electrons. The van der Waals surface area contributed by atoms with Crippen LogP contribution in [0.25, 0.3) is 11.4 Å². The van der Waals surface area contributed by atoms with Crippen molar-refractivity contribution in [2.45, 2.75) is 31.7 Å². The zero-order valence-electron chi connectivity index (χ0n) is 13.2. The number of hydrogen-bond donors (Lipinski definition) is 0. The van der Waals surface area contributed by atoms with E-state index >= 15 is 0 Å². The predicted molar refractivity (Wildman–Crippen MR) is 85.2 cm³/mol. The highest BCUT2D eigenvalue weighted by molar-refractivity contribution is 5.82. The van der Waals surface area contributed by atoms with Crippen molar-refractivity contribution < 1.29 is 9.53 Å². The quantitative estimate of drug-likeness (QED) is 0.870. The Morgan fingerprint density at radius 1 is 1.22 bits per heavy atom. The van der Waals surface area contributed by atoms with Crippen molar-refractivity contribution in [1.29, 1.82) is 0 Å². The van der Waals surface area contributed by atoms with Crippen LogP contribution in [0.4, 0.5) is 0 Å². The molecule has 1 fully saturated rings. The van der Waals surface area contributed by atoms with Gasteiger partial charge in [0.2, 0.25) is 5.91 Å². The van der Waals surface area contributed by atoms with E-state index in [1.807, 2.05) is 33.7 Å². The summed E-state index contributed by atoms with van der Waals surface area (Å²) in [7, 11) is 1.65. The number of fused-ring (bicyclic) bond motifs is 1. The van der Waals surface area contributed by atoms with E-state index in [4.69, 9.17) is 4.74 Å². The van der Waals surface area contributed by atoms with Crippen LogP contribution in [0.1, 0.15) is 31.1 Å². The third-order valence-corrected chi connectivity index (χ3v) is 4.77. The van der Waals surface area contributed by atoms with Crippen molar-refractivity contribution in [3.05, 3.63) is 30.1 Å². The van der Waals surface area contributed by atoms with E-state index in [0.29, 0.717) is 0 Å². The Kier molecular flexibility index (Phi) is 3.52. The smallest absolute Gasteiger partial charge is 0.245 e. The Bertz CT molecular complexity index is 734. The number of carbonyl (C=O) groups excluding carboxylic acids is 1. The van der Waals surface area contributed by atoms with Gasteiger partial charge in [0, 0.05) is 19.5 Å². The molecule has 1 atom stereocenters. The maximum absolute atomic E-state index is 12.9. The van der Waals surface area contributed by atoms with Crippen LogP contribution in [0, 0.1) is 0 Å². The Morgan fingerprint density at radius 3 is 2.78 bits per heavy atom. The van der Waals surface area contributed by atoms with Crippen molar-refractivity contribution in [2.75, 3.05) is 20.2 Å². The molecule has 6 nitrogen and oxygen atoms in total. The van der Waals surface area contributed by atoms with E-state index in [9.17, 15) is 4.79 Å². The summed E-state index contributed by atoms with van der Waals surface area (Å²) in [6, 6.07) is 7.56. The van der Waals surface area contributed by atoms with Crippen molar-refractivity contribution in [3.8, 4) is 17.1 Å². The molecule has 0 saturated carbocycles. The monoisotopic (exact) mass is 312 g/mol. The first-order chi connectivity index (χ1) is 11.3. The molecular formula is C17H20N4O2. The molecular weight excluding hydrogens is 292 g/mol. The number of aryl methyl sites for hydroxylation is 1. The number of likely N-dealkylation sites (tertiary alicyclic amines) is 1. The lowest BCUT2D eigenvalue weighted by molar-refractivity contribution is -0.133. The molecule has 1 unspecified atom stereocenters. The van der Waals surface area contributed by atoms with Crippen LogP contribution in [0.15, 0.2) is 24.3 Å².